The van der Waals surface area contributed by atoms with Crippen LogP contribution in [-0.2, 0) is 9.59 Å². The average molecular weight is 313 g/mol. The summed E-state index contributed by atoms with van der Waals surface area (Å²) >= 11 is 1.38. The van der Waals surface area contributed by atoms with Crippen LogP contribution < -0.4 is 9.64 Å². The van der Waals surface area contributed by atoms with E-state index in [1.807, 2.05) is 42.5 Å². The van der Waals surface area contributed by atoms with Crippen molar-refractivity contribution < 1.29 is 14.3 Å². The molecule has 0 spiro atoms. The van der Waals surface area contributed by atoms with Crippen molar-refractivity contribution in [3.05, 3.63) is 54.6 Å². The molecular weight excluding hydrogens is 298 g/mol. The largest absolute Gasteiger partial charge is 0.496 e. The second kappa shape index (κ2) is 6.23. The van der Waals surface area contributed by atoms with Crippen LogP contribution in [0.3, 0.4) is 0 Å². The second-order valence-corrected chi connectivity index (χ2v) is 6.11. The summed E-state index contributed by atoms with van der Waals surface area (Å²) < 4.78 is 5.30. The standard InChI is InChI=1S/C17H15NO3S/c1-21-13-9-5-6-10-14(13)22-15-11-16(19)18(17(15)20)12-7-3-2-4-8-12/h2-10,15H,11H2,1H3. The van der Waals surface area contributed by atoms with Gasteiger partial charge in [0.25, 0.3) is 0 Å². The summed E-state index contributed by atoms with van der Waals surface area (Å²) in [7, 11) is 1.59. The van der Waals surface area contributed by atoms with Gasteiger partial charge in [0.15, 0.2) is 0 Å². The Labute approximate surface area is 133 Å². The van der Waals surface area contributed by atoms with Gasteiger partial charge in [0, 0.05) is 6.42 Å². The van der Waals surface area contributed by atoms with Crippen LogP contribution >= 0.6 is 11.8 Å². The van der Waals surface area contributed by atoms with Crippen molar-refractivity contribution in [2.45, 2.75) is 16.6 Å². The highest BCUT2D eigenvalue weighted by molar-refractivity contribution is 8.00. The molecule has 4 nitrogen and oxygen atoms in total. The molecule has 0 aliphatic carbocycles. The number of amides is 2. The van der Waals surface area contributed by atoms with Crippen molar-refractivity contribution in [1.29, 1.82) is 0 Å². The van der Waals surface area contributed by atoms with E-state index in [0.29, 0.717) is 11.4 Å². The fraction of sp³-hybridized carbons (Fsp3) is 0.176. The highest BCUT2D eigenvalue weighted by Crippen LogP contribution is 2.37. The van der Waals surface area contributed by atoms with E-state index in [1.165, 1.54) is 16.7 Å². The molecule has 0 aromatic heterocycles. The first-order valence-electron chi connectivity index (χ1n) is 6.92. The molecule has 0 saturated carbocycles. The van der Waals surface area contributed by atoms with E-state index < -0.39 is 5.25 Å². The van der Waals surface area contributed by atoms with Gasteiger partial charge in [-0.05, 0) is 24.3 Å². The monoisotopic (exact) mass is 313 g/mol. The molecule has 0 radical (unpaired) electrons. The Bertz CT molecular complexity index is 702. The van der Waals surface area contributed by atoms with Crippen LogP contribution in [0.25, 0.3) is 0 Å². The van der Waals surface area contributed by atoms with E-state index in [2.05, 4.69) is 0 Å². The number of para-hydroxylation sites is 2. The van der Waals surface area contributed by atoms with Gasteiger partial charge in [-0.25, -0.2) is 4.90 Å². The van der Waals surface area contributed by atoms with Crippen molar-refractivity contribution in [3.63, 3.8) is 0 Å². The van der Waals surface area contributed by atoms with Crippen LogP contribution in [-0.4, -0.2) is 24.2 Å². The third-order valence-corrected chi connectivity index (χ3v) is 4.70. The van der Waals surface area contributed by atoms with Gasteiger partial charge in [0.1, 0.15) is 5.75 Å². The van der Waals surface area contributed by atoms with E-state index in [9.17, 15) is 9.59 Å². The van der Waals surface area contributed by atoms with Gasteiger partial charge in [-0.15, -0.1) is 11.8 Å². The predicted molar refractivity (Wildman–Crippen MR) is 86.2 cm³/mol. The molecule has 112 valence electrons. The summed E-state index contributed by atoms with van der Waals surface area (Å²) in [6.45, 7) is 0. The van der Waals surface area contributed by atoms with Gasteiger partial charge in [-0.1, -0.05) is 30.3 Å². The number of carbonyl (C=O) groups is 2. The fourth-order valence-corrected chi connectivity index (χ4v) is 3.58. The lowest BCUT2D eigenvalue weighted by molar-refractivity contribution is -0.121. The van der Waals surface area contributed by atoms with Crippen LogP contribution in [0, 0.1) is 0 Å². The smallest absolute Gasteiger partial charge is 0.247 e. The first-order chi connectivity index (χ1) is 10.7. The average Bonchev–Trinajstić information content (AvgIpc) is 2.83. The normalized spacial score (nSPS) is 17.9. The highest BCUT2D eigenvalue weighted by Gasteiger charge is 2.40. The Kier molecular flexibility index (Phi) is 4.15. The Balaban J connectivity index is 1.83. The predicted octanol–water partition coefficient (Wildman–Crippen LogP) is 3.12. The number of ether oxygens (including phenoxy) is 1. The van der Waals surface area contributed by atoms with Crippen molar-refractivity contribution >= 4 is 29.3 Å². The quantitative estimate of drug-likeness (QED) is 0.814. The zero-order valence-electron chi connectivity index (χ0n) is 12.1. The molecule has 22 heavy (non-hydrogen) atoms. The zero-order valence-corrected chi connectivity index (χ0v) is 12.9. The van der Waals surface area contributed by atoms with Crippen LogP contribution in [0.2, 0.25) is 0 Å². The van der Waals surface area contributed by atoms with Crippen LogP contribution in [0.4, 0.5) is 5.69 Å². The first kappa shape index (κ1) is 14.7. The van der Waals surface area contributed by atoms with Gasteiger partial charge in [-0.3, -0.25) is 9.59 Å². The van der Waals surface area contributed by atoms with Gasteiger partial charge < -0.3 is 4.74 Å². The molecule has 2 aromatic carbocycles. The zero-order chi connectivity index (χ0) is 15.5. The molecule has 1 aliphatic heterocycles. The third-order valence-electron chi connectivity index (χ3n) is 3.46. The molecule has 5 heteroatoms. The molecule has 1 aliphatic rings. The van der Waals surface area contributed by atoms with E-state index in [0.717, 1.165) is 4.90 Å². The maximum atomic E-state index is 12.6. The molecule has 1 unspecified atom stereocenters. The van der Waals surface area contributed by atoms with Gasteiger partial charge in [0.05, 0.1) is 22.9 Å². The third kappa shape index (κ3) is 2.72. The van der Waals surface area contributed by atoms with Crippen LogP contribution in [0.5, 0.6) is 5.75 Å². The summed E-state index contributed by atoms with van der Waals surface area (Å²) in [5.41, 5.74) is 0.626. The van der Waals surface area contributed by atoms with E-state index in [1.54, 1.807) is 19.2 Å². The lowest BCUT2D eigenvalue weighted by Crippen LogP contribution is -2.30. The number of carbonyl (C=O) groups excluding carboxylic acids is 2. The molecule has 1 atom stereocenters. The summed E-state index contributed by atoms with van der Waals surface area (Å²) in [5, 5.41) is -0.413. The number of hydrogen-bond acceptors (Lipinski definition) is 4. The number of nitrogens with zero attached hydrogens (tertiary/aromatic N) is 1. The lowest BCUT2D eigenvalue weighted by Gasteiger charge is -2.15. The summed E-state index contributed by atoms with van der Waals surface area (Å²) in [6.07, 6.45) is 0.205. The highest BCUT2D eigenvalue weighted by atomic mass is 32.2. The summed E-state index contributed by atoms with van der Waals surface area (Å²) in [4.78, 5) is 26.9. The van der Waals surface area contributed by atoms with Crippen LogP contribution in [0.1, 0.15) is 6.42 Å². The summed E-state index contributed by atoms with van der Waals surface area (Å²) in [5.74, 6) is 0.376. The van der Waals surface area contributed by atoms with Crippen LogP contribution in [0.15, 0.2) is 59.5 Å². The first-order valence-corrected chi connectivity index (χ1v) is 7.80. The molecule has 1 heterocycles. The van der Waals surface area contributed by atoms with Crippen molar-refractivity contribution in [2.75, 3.05) is 12.0 Å². The van der Waals surface area contributed by atoms with E-state index in [-0.39, 0.29) is 18.2 Å². The Morgan fingerprint density at radius 1 is 1.05 bits per heavy atom. The number of thioether (sulfide) groups is 1. The van der Waals surface area contributed by atoms with E-state index in [4.69, 9.17) is 4.74 Å². The fourth-order valence-electron chi connectivity index (χ4n) is 2.41. The second-order valence-electron chi connectivity index (χ2n) is 4.86. The maximum absolute atomic E-state index is 12.6. The van der Waals surface area contributed by atoms with Crippen molar-refractivity contribution in [2.24, 2.45) is 0 Å². The topological polar surface area (TPSA) is 46.6 Å². The van der Waals surface area contributed by atoms with Crippen molar-refractivity contribution in [3.8, 4) is 5.75 Å². The molecule has 2 aromatic rings. The minimum Gasteiger partial charge on any atom is -0.496 e. The SMILES string of the molecule is COc1ccccc1SC1CC(=O)N(c2ccccc2)C1=O. The molecule has 3 rings (SSSR count). The number of methoxy groups -OCH3 is 1. The molecule has 1 fully saturated rings. The molecular formula is C17H15NO3S. The van der Waals surface area contributed by atoms with Gasteiger partial charge >= 0.3 is 0 Å². The molecule has 2 amide bonds. The van der Waals surface area contributed by atoms with E-state index >= 15 is 0 Å². The molecule has 0 bridgehead atoms. The summed E-state index contributed by atoms with van der Waals surface area (Å²) in [6, 6.07) is 16.5. The van der Waals surface area contributed by atoms with Gasteiger partial charge in [0.2, 0.25) is 11.8 Å². The minimum absolute atomic E-state index is 0.163. The maximum Gasteiger partial charge on any atom is 0.247 e. The number of benzene rings is 2. The number of rotatable bonds is 4. The molecule has 0 N–H and O–H groups in total. The number of imide groups is 1. The number of anilines is 1. The lowest BCUT2D eigenvalue weighted by atomic mass is 10.3. The Morgan fingerprint density at radius 2 is 1.73 bits per heavy atom. The number of hydrogen-bond donors (Lipinski definition) is 0. The molecule has 1 saturated heterocycles. The Morgan fingerprint density at radius 3 is 2.45 bits per heavy atom. The minimum atomic E-state index is -0.413. The van der Waals surface area contributed by atoms with Gasteiger partial charge in [-0.2, -0.15) is 0 Å². The van der Waals surface area contributed by atoms with Crippen molar-refractivity contribution in [1.82, 2.24) is 0 Å². The Hall–Kier alpha value is -2.27.